The second kappa shape index (κ2) is 9.69. The first kappa shape index (κ1) is 19.2. The van der Waals surface area contributed by atoms with Crippen molar-refractivity contribution in [1.29, 1.82) is 5.26 Å². The molecule has 5 aromatic rings. The molecule has 0 bridgehead atoms. The quantitative estimate of drug-likeness (QED) is 0.225. The third-order valence-electron chi connectivity index (χ3n) is 8.49. The Labute approximate surface area is 237 Å². The minimum atomic E-state index is -1.85. The summed E-state index contributed by atoms with van der Waals surface area (Å²) in [5.41, 5.74) is 6.60. The minimum absolute atomic E-state index is 0.0142. The van der Waals surface area contributed by atoms with E-state index < -0.39 is 18.6 Å². The highest BCUT2D eigenvalue weighted by atomic mass is 16.3. The molecule has 0 saturated heterocycles. The van der Waals surface area contributed by atoms with E-state index in [1.54, 1.807) is 6.07 Å². The van der Waals surface area contributed by atoms with Gasteiger partial charge in [-0.05, 0) is 97.3 Å². The first-order valence-electron chi connectivity index (χ1n) is 16.5. The van der Waals surface area contributed by atoms with E-state index in [9.17, 15) is 9.37 Å². The summed E-state index contributed by atoms with van der Waals surface area (Å²) in [5.74, 6) is -0.970. The minimum Gasteiger partial charge on any atom is -0.454 e. The van der Waals surface area contributed by atoms with Crippen LogP contribution in [0.3, 0.4) is 0 Å². The Morgan fingerprint density at radius 1 is 0.872 bits per heavy atom. The number of aromatic nitrogens is 1. The molecule has 3 heteroatoms. The van der Waals surface area contributed by atoms with Gasteiger partial charge in [0.1, 0.15) is 18.2 Å². The van der Waals surface area contributed by atoms with Crippen LogP contribution in [0.4, 0.5) is 0 Å². The molecule has 39 heavy (non-hydrogen) atoms. The Morgan fingerprint density at radius 2 is 1.62 bits per heavy atom. The lowest BCUT2D eigenvalue weighted by Crippen LogP contribution is -2.30. The van der Waals surface area contributed by atoms with Gasteiger partial charge in [0, 0.05) is 35.3 Å². The molecule has 3 nitrogen and oxygen atoms in total. The molecule has 7 rings (SSSR count). The first-order valence-corrected chi connectivity index (χ1v) is 14.0. The summed E-state index contributed by atoms with van der Waals surface area (Å²) in [6, 6.07) is 19.7. The van der Waals surface area contributed by atoms with Gasteiger partial charge in [0.05, 0.1) is 17.2 Å². The molecule has 0 atom stereocenters. The molecule has 2 aliphatic carbocycles. The van der Waals surface area contributed by atoms with Gasteiger partial charge in [-0.1, -0.05) is 43.5 Å². The van der Waals surface area contributed by atoms with Crippen molar-refractivity contribution >= 4 is 21.9 Å². The van der Waals surface area contributed by atoms with Gasteiger partial charge in [0.25, 0.3) is 0 Å². The van der Waals surface area contributed by atoms with Gasteiger partial charge in [-0.15, -0.1) is 0 Å². The number of rotatable bonds is 3. The Hall–Kier alpha value is -3.90. The summed E-state index contributed by atoms with van der Waals surface area (Å²) < 4.78 is 54.9. The topological polar surface area (TPSA) is 40.8 Å². The lowest BCUT2D eigenvalue weighted by atomic mass is 9.75. The number of benzene rings is 3. The van der Waals surface area contributed by atoms with Gasteiger partial charge in [-0.2, -0.15) is 5.26 Å². The van der Waals surface area contributed by atoms with Crippen LogP contribution in [-0.4, -0.2) is 0 Å². The van der Waals surface area contributed by atoms with Gasteiger partial charge >= 0.3 is 0 Å². The Bertz CT molecular complexity index is 2010. The highest BCUT2D eigenvalue weighted by Gasteiger charge is 2.27. The predicted molar refractivity (Wildman–Crippen MR) is 158 cm³/mol. The zero-order chi connectivity index (χ0) is 31.0. The van der Waals surface area contributed by atoms with E-state index in [0.29, 0.717) is 51.8 Å². The highest BCUT2D eigenvalue weighted by molar-refractivity contribution is 6.14. The van der Waals surface area contributed by atoms with Crippen molar-refractivity contribution in [1.82, 2.24) is 0 Å². The smallest absolute Gasteiger partial charge is 0.216 e. The Kier molecular flexibility index (Phi) is 4.77. The monoisotopic (exact) mass is 516 g/mol. The zero-order valence-corrected chi connectivity index (χ0v) is 22.5. The number of furan rings is 1. The van der Waals surface area contributed by atoms with Crippen LogP contribution < -0.4 is 4.57 Å². The molecule has 1 saturated carbocycles. The lowest BCUT2D eigenvalue weighted by molar-refractivity contribution is -0.660. The molecule has 3 aromatic carbocycles. The summed E-state index contributed by atoms with van der Waals surface area (Å²) in [6.45, 7) is 2.05. The lowest BCUT2D eigenvalue weighted by Gasteiger charge is -2.29. The molecule has 2 aromatic heterocycles. The van der Waals surface area contributed by atoms with Crippen molar-refractivity contribution in [3.8, 4) is 28.5 Å². The van der Waals surface area contributed by atoms with Crippen LogP contribution in [0.15, 0.2) is 65.2 Å². The Morgan fingerprint density at radius 3 is 2.38 bits per heavy atom. The maximum Gasteiger partial charge on any atom is 0.216 e. The molecule has 0 N–H and O–H groups in total. The molecular formula is C36H35N2O+. The van der Waals surface area contributed by atoms with Crippen molar-refractivity contribution in [3.05, 3.63) is 88.6 Å². The average molecular weight is 517 g/mol. The number of nitrogens with zero attached hydrogens (tertiary/aromatic N) is 2. The summed E-state index contributed by atoms with van der Waals surface area (Å²) >= 11 is 0. The molecule has 0 unspecified atom stereocenters. The van der Waals surface area contributed by atoms with E-state index in [1.165, 1.54) is 0 Å². The summed E-state index contributed by atoms with van der Waals surface area (Å²) in [7, 11) is 1.99. The van der Waals surface area contributed by atoms with Gasteiger partial charge in [-0.25, -0.2) is 4.57 Å². The number of hydrogen-bond acceptors (Lipinski definition) is 2. The summed E-state index contributed by atoms with van der Waals surface area (Å²) in [5, 5.41) is 12.1. The summed E-state index contributed by atoms with van der Waals surface area (Å²) in [4.78, 5) is 0. The standard InChI is InChI=1S/C36H35N2O/c1-23-15-17-30-31-18-16-25(22-37)34(36(31)39-35(30)33(23)32-14-8-9-21-38(32)2)29-20-19-26(24-10-4-3-5-11-24)27-12-6-7-13-28(27)29/h8-9,14-21,24H,3-7,10-13H2,1-2H3/q+1/i12D2,13D2,24D. The van der Waals surface area contributed by atoms with Crippen molar-refractivity contribution in [3.63, 3.8) is 0 Å². The first-order chi connectivity index (χ1) is 21.0. The predicted octanol–water partition coefficient (Wildman–Crippen LogP) is 8.85. The second-order valence-electron chi connectivity index (χ2n) is 10.8. The van der Waals surface area contributed by atoms with Crippen LogP contribution in [0, 0.1) is 18.3 Å². The van der Waals surface area contributed by atoms with Gasteiger partial charge in [-0.3, -0.25) is 0 Å². The van der Waals surface area contributed by atoms with Crippen LogP contribution in [0.1, 0.15) is 85.5 Å². The molecule has 194 valence electrons. The third kappa shape index (κ3) is 3.89. The molecule has 0 radical (unpaired) electrons. The molecule has 2 aliphatic rings. The van der Waals surface area contributed by atoms with Gasteiger partial charge in [0.2, 0.25) is 5.69 Å². The summed E-state index contributed by atoms with van der Waals surface area (Å²) in [6.07, 6.45) is 2.48. The zero-order valence-electron chi connectivity index (χ0n) is 27.5. The maximum atomic E-state index is 10.4. The van der Waals surface area contributed by atoms with Gasteiger partial charge < -0.3 is 4.42 Å². The third-order valence-corrected chi connectivity index (χ3v) is 8.49. The van der Waals surface area contributed by atoms with E-state index in [0.717, 1.165) is 46.9 Å². The van der Waals surface area contributed by atoms with E-state index >= 15 is 0 Å². The van der Waals surface area contributed by atoms with Crippen LogP contribution in [0.5, 0.6) is 0 Å². The number of pyridine rings is 1. The fourth-order valence-electron chi connectivity index (χ4n) is 6.56. The van der Waals surface area contributed by atoms with Crippen LogP contribution in [0.2, 0.25) is 0 Å². The number of fused-ring (bicyclic) bond motifs is 4. The van der Waals surface area contributed by atoms with E-state index in [4.69, 9.17) is 7.16 Å². The average Bonchev–Trinajstić information content (AvgIpc) is 3.38. The highest BCUT2D eigenvalue weighted by Crippen LogP contribution is 2.46. The van der Waals surface area contributed by atoms with Crippen molar-refractivity contribution in [2.45, 2.75) is 70.5 Å². The molecule has 0 spiro atoms. The maximum absolute atomic E-state index is 10.4. The van der Waals surface area contributed by atoms with Crippen LogP contribution >= 0.6 is 0 Å². The normalized spacial score (nSPS) is 21.2. The molecular weight excluding hydrogens is 476 g/mol. The largest absolute Gasteiger partial charge is 0.454 e. The molecule has 2 heterocycles. The number of aryl methyl sites for hydroxylation is 2. The van der Waals surface area contributed by atoms with Crippen LogP contribution in [-0.2, 0) is 19.8 Å². The van der Waals surface area contributed by atoms with Crippen molar-refractivity contribution < 1.29 is 15.8 Å². The molecule has 0 amide bonds. The van der Waals surface area contributed by atoms with E-state index in [2.05, 4.69) is 12.1 Å². The fraction of sp³-hybridized carbons (Fsp3) is 0.333. The van der Waals surface area contributed by atoms with E-state index in [1.807, 2.05) is 67.2 Å². The fourth-order valence-corrected chi connectivity index (χ4v) is 6.56. The van der Waals surface area contributed by atoms with Crippen molar-refractivity contribution in [2.24, 2.45) is 7.05 Å². The second-order valence-corrected chi connectivity index (χ2v) is 10.8. The van der Waals surface area contributed by atoms with E-state index in [-0.39, 0.29) is 18.4 Å². The van der Waals surface area contributed by atoms with Crippen molar-refractivity contribution in [2.75, 3.05) is 0 Å². The SMILES string of the molecule is [2H]C1([2H])CCC([2H])([2H])c2c(C3([2H])CCCCC3)ccc(-c3c(C#N)ccc4c3oc3c(-c5cccc[n+]5C)c(C)ccc34)c21. The van der Waals surface area contributed by atoms with Gasteiger partial charge in [0.15, 0.2) is 6.20 Å². The molecule has 1 fully saturated rings. The number of hydrogen-bond donors (Lipinski definition) is 0. The van der Waals surface area contributed by atoms with Crippen LogP contribution in [0.25, 0.3) is 44.3 Å². The Balaban J connectivity index is 1.59. The molecule has 0 aliphatic heterocycles. The number of nitriles is 1.